The Hall–Kier alpha value is -3.59. The predicted octanol–water partition coefficient (Wildman–Crippen LogP) is 3.59. The molecule has 2 aromatic heterocycles. The quantitative estimate of drug-likeness (QED) is 0.512. The van der Waals surface area contributed by atoms with E-state index in [1.807, 2.05) is 55.6 Å². The molecule has 0 aliphatic heterocycles. The summed E-state index contributed by atoms with van der Waals surface area (Å²) in [6.45, 7) is 3.86. The summed E-state index contributed by atoms with van der Waals surface area (Å²) in [6.07, 6.45) is 1.49. The first kappa shape index (κ1) is 19.7. The van der Waals surface area contributed by atoms with E-state index in [2.05, 4.69) is 25.8 Å². The summed E-state index contributed by atoms with van der Waals surface area (Å²) in [5.74, 6) is 0.533. The van der Waals surface area contributed by atoms with Crippen LogP contribution in [0, 0.1) is 6.92 Å². The molecular formula is C21H20N6O2S. The molecule has 8 nitrogen and oxygen atoms in total. The SMILES string of the molecule is COc1cccc(-c2cc(C(=O)N[C@@H](C)c3csc(C)n3)cc(-n3cnnn3)c2)c1. The average Bonchev–Trinajstić information content (AvgIpc) is 3.45. The summed E-state index contributed by atoms with van der Waals surface area (Å²) < 4.78 is 6.86. The third-order valence-electron chi connectivity index (χ3n) is 4.62. The van der Waals surface area contributed by atoms with E-state index in [4.69, 9.17) is 4.74 Å². The topological polar surface area (TPSA) is 94.8 Å². The highest BCUT2D eigenvalue weighted by atomic mass is 32.1. The number of rotatable bonds is 6. The fourth-order valence-electron chi connectivity index (χ4n) is 3.06. The second-order valence-corrected chi connectivity index (χ2v) is 7.80. The van der Waals surface area contributed by atoms with Crippen molar-refractivity contribution in [1.82, 2.24) is 30.5 Å². The van der Waals surface area contributed by atoms with Gasteiger partial charge in [0.15, 0.2) is 0 Å². The molecule has 4 rings (SSSR count). The van der Waals surface area contributed by atoms with E-state index in [9.17, 15) is 4.79 Å². The average molecular weight is 420 g/mol. The zero-order valence-electron chi connectivity index (χ0n) is 16.7. The minimum Gasteiger partial charge on any atom is -0.497 e. The fourth-order valence-corrected chi connectivity index (χ4v) is 3.76. The number of hydrogen-bond donors (Lipinski definition) is 1. The predicted molar refractivity (Wildman–Crippen MR) is 114 cm³/mol. The van der Waals surface area contributed by atoms with Gasteiger partial charge in [-0.3, -0.25) is 4.79 Å². The molecule has 152 valence electrons. The highest BCUT2D eigenvalue weighted by Crippen LogP contribution is 2.27. The molecule has 0 radical (unpaired) electrons. The van der Waals surface area contributed by atoms with Crippen molar-refractivity contribution in [3.8, 4) is 22.6 Å². The van der Waals surface area contributed by atoms with E-state index < -0.39 is 0 Å². The van der Waals surface area contributed by atoms with E-state index in [1.165, 1.54) is 11.0 Å². The number of methoxy groups -OCH3 is 1. The Balaban J connectivity index is 1.71. The zero-order valence-corrected chi connectivity index (χ0v) is 17.6. The van der Waals surface area contributed by atoms with Crippen LogP contribution in [-0.4, -0.2) is 38.2 Å². The monoisotopic (exact) mass is 420 g/mol. The molecule has 4 aromatic rings. The Morgan fingerprint density at radius 3 is 2.77 bits per heavy atom. The van der Waals surface area contributed by atoms with E-state index in [0.29, 0.717) is 11.3 Å². The number of amides is 1. The molecule has 2 aromatic carbocycles. The Morgan fingerprint density at radius 1 is 1.20 bits per heavy atom. The van der Waals surface area contributed by atoms with Crippen molar-refractivity contribution in [2.75, 3.05) is 7.11 Å². The van der Waals surface area contributed by atoms with Crippen molar-refractivity contribution >= 4 is 17.2 Å². The third kappa shape index (κ3) is 4.20. The molecule has 0 saturated heterocycles. The number of benzene rings is 2. The molecule has 0 aliphatic carbocycles. The van der Waals surface area contributed by atoms with Gasteiger partial charge in [0.1, 0.15) is 12.1 Å². The van der Waals surface area contributed by atoms with Crippen LogP contribution in [-0.2, 0) is 0 Å². The molecule has 30 heavy (non-hydrogen) atoms. The number of aromatic nitrogens is 5. The highest BCUT2D eigenvalue weighted by molar-refractivity contribution is 7.09. The smallest absolute Gasteiger partial charge is 0.251 e. The van der Waals surface area contributed by atoms with Gasteiger partial charge in [-0.1, -0.05) is 12.1 Å². The van der Waals surface area contributed by atoms with Gasteiger partial charge in [0.05, 0.1) is 29.5 Å². The minimum absolute atomic E-state index is 0.202. The van der Waals surface area contributed by atoms with Gasteiger partial charge in [-0.2, -0.15) is 0 Å². The van der Waals surface area contributed by atoms with E-state index in [0.717, 1.165) is 27.6 Å². The molecule has 0 saturated carbocycles. The lowest BCUT2D eigenvalue weighted by Crippen LogP contribution is -2.27. The Labute approximate surface area is 177 Å². The third-order valence-corrected chi connectivity index (χ3v) is 5.42. The maximum absolute atomic E-state index is 13.0. The lowest BCUT2D eigenvalue weighted by Gasteiger charge is -2.14. The lowest BCUT2D eigenvalue weighted by molar-refractivity contribution is 0.0939. The number of nitrogens with one attached hydrogen (secondary N) is 1. The van der Waals surface area contributed by atoms with Gasteiger partial charge in [0.25, 0.3) is 5.91 Å². The molecule has 2 heterocycles. The number of hydrogen-bond acceptors (Lipinski definition) is 7. The Bertz CT molecular complexity index is 1170. The minimum atomic E-state index is -0.209. The number of thiazole rings is 1. The number of carbonyl (C=O) groups is 1. The lowest BCUT2D eigenvalue weighted by atomic mass is 10.0. The van der Waals surface area contributed by atoms with Gasteiger partial charge in [0.2, 0.25) is 0 Å². The van der Waals surface area contributed by atoms with Crippen LogP contribution in [0.2, 0.25) is 0 Å². The van der Waals surface area contributed by atoms with E-state index in [-0.39, 0.29) is 11.9 Å². The Morgan fingerprint density at radius 2 is 2.07 bits per heavy atom. The standard InChI is InChI=1S/C21H20N6O2S/c1-13(20-11-30-14(2)24-20)23-21(28)17-7-16(15-5-4-6-19(10-15)29-3)8-18(9-17)27-12-22-25-26-27/h4-13H,1-3H3,(H,23,28)/t13-/m0/s1. The molecule has 0 bridgehead atoms. The maximum Gasteiger partial charge on any atom is 0.251 e. The van der Waals surface area contributed by atoms with Crippen LogP contribution in [0.1, 0.15) is 34.0 Å². The molecule has 0 spiro atoms. The summed E-state index contributed by atoms with van der Waals surface area (Å²) in [5, 5.41) is 17.3. The van der Waals surface area contributed by atoms with Gasteiger partial charge < -0.3 is 10.1 Å². The van der Waals surface area contributed by atoms with Crippen LogP contribution >= 0.6 is 11.3 Å². The van der Waals surface area contributed by atoms with E-state index >= 15 is 0 Å². The van der Waals surface area contributed by atoms with Crippen molar-refractivity contribution in [3.63, 3.8) is 0 Å². The molecule has 0 unspecified atom stereocenters. The number of carbonyl (C=O) groups excluding carboxylic acids is 1. The van der Waals surface area contributed by atoms with Crippen molar-refractivity contribution < 1.29 is 9.53 Å². The van der Waals surface area contributed by atoms with Gasteiger partial charge in [0, 0.05) is 10.9 Å². The molecule has 0 fully saturated rings. The van der Waals surface area contributed by atoms with Crippen LogP contribution in [0.25, 0.3) is 16.8 Å². The van der Waals surface area contributed by atoms with Crippen molar-refractivity contribution in [3.05, 3.63) is 70.4 Å². The van der Waals surface area contributed by atoms with Gasteiger partial charge in [-0.05, 0) is 65.7 Å². The second-order valence-electron chi connectivity index (χ2n) is 6.74. The highest BCUT2D eigenvalue weighted by Gasteiger charge is 2.16. The zero-order chi connectivity index (χ0) is 21.1. The number of nitrogens with zero attached hydrogens (tertiary/aromatic N) is 5. The molecule has 1 atom stereocenters. The van der Waals surface area contributed by atoms with Gasteiger partial charge in [-0.25, -0.2) is 9.67 Å². The van der Waals surface area contributed by atoms with Crippen LogP contribution < -0.4 is 10.1 Å². The first-order valence-electron chi connectivity index (χ1n) is 9.29. The van der Waals surface area contributed by atoms with Crippen LogP contribution in [0.4, 0.5) is 0 Å². The Kier molecular flexibility index (Phi) is 5.53. The molecule has 1 N–H and O–H groups in total. The van der Waals surface area contributed by atoms with Gasteiger partial charge >= 0.3 is 0 Å². The molecule has 0 aliphatic rings. The summed E-state index contributed by atoms with van der Waals surface area (Å²) in [5.41, 5.74) is 3.79. The number of tetrazole rings is 1. The van der Waals surface area contributed by atoms with Crippen LogP contribution in [0.5, 0.6) is 5.75 Å². The van der Waals surface area contributed by atoms with Gasteiger partial charge in [-0.15, -0.1) is 16.4 Å². The molecule has 1 amide bonds. The summed E-state index contributed by atoms with van der Waals surface area (Å²) in [4.78, 5) is 17.5. The van der Waals surface area contributed by atoms with Crippen molar-refractivity contribution in [1.29, 1.82) is 0 Å². The van der Waals surface area contributed by atoms with Crippen LogP contribution in [0.3, 0.4) is 0 Å². The molecular weight excluding hydrogens is 400 g/mol. The van der Waals surface area contributed by atoms with Crippen molar-refractivity contribution in [2.24, 2.45) is 0 Å². The normalized spacial score (nSPS) is 11.8. The summed E-state index contributed by atoms with van der Waals surface area (Å²) >= 11 is 1.56. The number of aryl methyl sites for hydroxylation is 1. The summed E-state index contributed by atoms with van der Waals surface area (Å²) in [7, 11) is 1.62. The van der Waals surface area contributed by atoms with E-state index in [1.54, 1.807) is 24.5 Å². The number of ether oxygens (including phenoxy) is 1. The first-order chi connectivity index (χ1) is 14.5. The fraction of sp³-hybridized carbons (Fsp3) is 0.190. The molecule has 9 heteroatoms. The van der Waals surface area contributed by atoms with Crippen LogP contribution in [0.15, 0.2) is 54.2 Å². The second kappa shape index (κ2) is 8.42. The summed E-state index contributed by atoms with van der Waals surface area (Å²) in [6, 6.07) is 13.0. The largest absolute Gasteiger partial charge is 0.497 e. The first-order valence-corrected chi connectivity index (χ1v) is 10.2. The maximum atomic E-state index is 13.0. The van der Waals surface area contributed by atoms with Crippen molar-refractivity contribution in [2.45, 2.75) is 19.9 Å².